The van der Waals surface area contributed by atoms with Gasteiger partial charge in [0.25, 0.3) is 0 Å². The Morgan fingerprint density at radius 3 is 3.06 bits per heavy atom. The molecule has 3 nitrogen and oxygen atoms in total. The van der Waals surface area contributed by atoms with Crippen molar-refractivity contribution in [2.45, 2.75) is 25.5 Å². The van der Waals surface area contributed by atoms with Gasteiger partial charge in [0.15, 0.2) is 6.10 Å². The topological polar surface area (TPSA) is 48.1 Å². The molecular weight excluding hydrogens is 268 g/mol. The van der Waals surface area contributed by atoms with E-state index in [0.29, 0.717) is 5.02 Å². The molecule has 2 aromatic rings. The lowest BCUT2D eigenvalue weighted by Crippen LogP contribution is -2.24. The molecule has 0 saturated carbocycles. The molecule has 2 atom stereocenters. The van der Waals surface area contributed by atoms with E-state index < -0.39 is 0 Å². The van der Waals surface area contributed by atoms with Crippen LogP contribution in [0.2, 0.25) is 5.02 Å². The van der Waals surface area contributed by atoms with Crippen molar-refractivity contribution in [1.29, 1.82) is 0 Å². The molecule has 94 valence electrons. The standard InChI is InChI=1S/C13H13ClN2OS/c1-7-6-18-13(16-7)12-5-10(15)9-4-8(14)2-3-11(9)17-12/h2-4,6,10,12H,5,15H2,1H3/t10-,12?/m0/s1. The number of ether oxygens (including phenoxy) is 1. The van der Waals surface area contributed by atoms with Crippen LogP contribution in [-0.4, -0.2) is 4.98 Å². The van der Waals surface area contributed by atoms with Gasteiger partial charge in [-0.25, -0.2) is 4.98 Å². The summed E-state index contributed by atoms with van der Waals surface area (Å²) in [6.45, 7) is 1.98. The molecule has 1 aliphatic rings. The molecule has 3 rings (SSSR count). The van der Waals surface area contributed by atoms with E-state index >= 15 is 0 Å². The molecule has 1 aliphatic heterocycles. The van der Waals surface area contributed by atoms with Gasteiger partial charge >= 0.3 is 0 Å². The summed E-state index contributed by atoms with van der Waals surface area (Å²) in [5, 5.41) is 3.71. The van der Waals surface area contributed by atoms with Crippen LogP contribution in [0.15, 0.2) is 23.6 Å². The van der Waals surface area contributed by atoms with Crippen LogP contribution in [0.3, 0.4) is 0 Å². The number of benzene rings is 1. The molecule has 2 N–H and O–H groups in total. The largest absolute Gasteiger partial charge is 0.483 e. The summed E-state index contributed by atoms with van der Waals surface area (Å²) in [5.41, 5.74) is 8.19. The van der Waals surface area contributed by atoms with Gasteiger partial charge in [0, 0.05) is 34.1 Å². The van der Waals surface area contributed by atoms with Crippen molar-refractivity contribution in [3.8, 4) is 5.75 Å². The maximum atomic E-state index is 6.19. The van der Waals surface area contributed by atoms with Crippen LogP contribution in [0.4, 0.5) is 0 Å². The number of aryl methyl sites for hydroxylation is 1. The fraction of sp³-hybridized carbons (Fsp3) is 0.308. The van der Waals surface area contributed by atoms with E-state index in [1.54, 1.807) is 11.3 Å². The fourth-order valence-corrected chi connectivity index (χ4v) is 3.16. The van der Waals surface area contributed by atoms with Crippen molar-refractivity contribution in [3.05, 3.63) is 44.9 Å². The van der Waals surface area contributed by atoms with Gasteiger partial charge in [-0.3, -0.25) is 0 Å². The van der Waals surface area contributed by atoms with Crippen LogP contribution in [0, 0.1) is 6.92 Å². The van der Waals surface area contributed by atoms with Crippen LogP contribution in [0.5, 0.6) is 5.75 Å². The summed E-state index contributed by atoms with van der Waals surface area (Å²) < 4.78 is 5.97. The molecule has 0 radical (unpaired) electrons. The van der Waals surface area contributed by atoms with E-state index in [1.165, 1.54) is 0 Å². The predicted octanol–water partition coefficient (Wildman–Crippen LogP) is 3.63. The van der Waals surface area contributed by atoms with Crippen molar-refractivity contribution < 1.29 is 4.74 Å². The number of nitrogens with two attached hydrogens (primary N) is 1. The van der Waals surface area contributed by atoms with E-state index in [1.807, 2.05) is 30.5 Å². The number of aromatic nitrogens is 1. The average Bonchev–Trinajstić information content (AvgIpc) is 2.77. The molecule has 0 amide bonds. The first-order valence-corrected chi connectivity index (χ1v) is 7.03. The van der Waals surface area contributed by atoms with E-state index in [9.17, 15) is 0 Å². The van der Waals surface area contributed by atoms with E-state index in [2.05, 4.69) is 4.98 Å². The Labute approximate surface area is 115 Å². The highest BCUT2D eigenvalue weighted by molar-refractivity contribution is 7.09. The molecule has 0 saturated heterocycles. The highest BCUT2D eigenvalue weighted by Crippen LogP contribution is 2.41. The van der Waals surface area contributed by atoms with Crippen LogP contribution >= 0.6 is 22.9 Å². The molecule has 0 spiro atoms. The van der Waals surface area contributed by atoms with Gasteiger partial charge in [-0.1, -0.05) is 11.6 Å². The second kappa shape index (κ2) is 4.53. The van der Waals surface area contributed by atoms with Gasteiger partial charge in [-0.05, 0) is 25.1 Å². The van der Waals surface area contributed by atoms with Crippen molar-refractivity contribution in [2.24, 2.45) is 5.73 Å². The summed E-state index contributed by atoms with van der Waals surface area (Å²) in [5.74, 6) is 0.816. The molecule has 1 aromatic carbocycles. The fourth-order valence-electron chi connectivity index (χ4n) is 2.15. The van der Waals surface area contributed by atoms with Gasteiger partial charge in [0.2, 0.25) is 0 Å². The molecule has 1 aromatic heterocycles. The van der Waals surface area contributed by atoms with Gasteiger partial charge < -0.3 is 10.5 Å². The molecule has 5 heteroatoms. The number of thiazole rings is 1. The average molecular weight is 281 g/mol. The molecule has 18 heavy (non-hydrogen) atoms. The van der Waals surface area contributed by atoms with Gasteiger partial charge in [-0.2, -0.15) is 0 Å². The maximum absolute atomic E-state index is 6.19. The van der Waals surface area contributed by atoms with Gasteiger partial charge in [0.1, 0.15) is 10.8 Å². The normalized spacial score (nSPS) is 22.4. The summed E-state index contributed by atoms with van der Waals surface area (Å²) in [6, 6.07) is 5.53. The number of hydrogen-bond acceptors (Lipinski definition) is 4. The van der Waals surface area contributed by atoms with Gasteiger partial charge in [0.05, 0.1) is 0 Å². The Kier molecular flexibility index (Phi) is 3.01. The first-order chi connectivity index (χ1) is 8.63. The Morgan fingerprint density at radius 2 is 2.33 bits per heavy atom. The first kappa shape index (κ1) is 12.0. The van der Waals surface area contributed by atoms with Crippen molar-refractivity contribution in [1.82, 2.24) is 4.98 Å². The van der Waals surface area contributed by atoms with Crippen molar-refractivity contribution >= 4 is 22.9 Å². The number of rotatable bonds is 1. The smallest absolute Gasteiger partial charge is 0.152 e. The van der Waals surface area contributed by atoms with Crippen LogP contribution in [0.25, 0.3) is 0 Å². The zero-order chi connectivity index (χ0) is 12.7. The Morgan fingerprint density at radius 1 is 1.50 bits per heavy atom. The third-order valence-electron chi connectivity index (χ3n) is 3.02. The molecule has 0 fully saturated rings. The maximum Gasteiger partial charge on any atom is 0.152 e. The van der Waals surface area contributed by atoms with Crippen molar-refractivity contribution in [2.75, 3.05) is 0 Å². The second-order valence-corrected chi connectivity index (χ2v) is 5.78. The summed E-state index contributed by atoms with van der Waals surface area (Å²) >= 11 is 7.60. The minimum atomic E-state index is -0.0540. The highest BCUT2D eigenvalue weighted by atomic mass is 35.5. The minimum absolute atomic E-state index is 0.0487. The highest BCUT2D eigenvalue weighted by Gasteiger charge is 2.28. The summed E-state index contributed by atoms with van der Waals surface area (Å²) in [7, 11) is 0. The predicted molar refractivity (Wildman–Crippen MR) is 73.2 cm³/mol. The van der Waals surface area contributed by atoms with E-state index in [4.69, 9.17) is 22.1 Å². The molecule has 0 bridgehead atoms. The minimum Gasteiger partial charge on any atom is -0.483 e. The lowest BCUT2D eigenvalue weighted by atomic mass is 9.97. The van der Waals surface area contributed by atoms with Crippen LogP contribution in [0.1, 0.15) is 34.8 Å². The Bertz CT molecular complexity index is 584. The Hall–Kier alpha value is -1.10. The number of halogens is 1. The van der Waals surface area contributed by atoms with Crippen LogP contribution in [-0.2, 0) is 0 Å². The van der Waals surface area contributed by atoms with Crippen molar-refractivity contribution in [3.63, 3.8) is 0 Å². The lowest BCUT2D eigenvalue weighted by Gasteiger charge is -2.29. The monoisotopic (exact) mass is 280 g/mol. The second-order valence-electron chi connectivity index (χ2n) is 4.46. The zero-order valence-electron chi connectivity index (χ0n) is 9.89. The number of hydrogen-bond donors (Lipinski definition) is 1. The molecular formula is C13H13ClN2OS. The SMILES string of the molecule is Cc1csc(C2C[C@H](N)c3cc(Cl)ccc3O2)n1. The molecule has 2 heterocycles. The first-order valence-electron chi connectivity index (χ1n) is 5.77. The lowest BCUT2D eigenvalue weighted by molar-refractivity contribution is 0.161. The zero-order valence-corrected chi connectivity index (χ0v) is 11.5. The summed E-state index contributed by atoms with van der Waals surface area (Å²) in [6.07, 6.45) is 0.688. The van der Waals surface area contributed by atoms with Gasteiger partial charge in [-0.15, -0.1) is 11.3 Å². The summed E-state index contributed by atoms with van der Waals surface area (Å²) in [4.78, 5) is 4.47. The van der Waals surface area contributed by atoms with Crippen LogP contribution < -0.4 is 10.5 Å². The van der Waals surface area contributed by atoms with E-state index in [0.717, 1.165) is 28.4 Å². The van der Waals surface area contributed by atoms with E-state index in [-0.39, 0.29) is 12.1 Å². The molecule has 1 unspecified atom stereocenters. The Balaban J connectivity index is 1.94. The third kappa shape index (κ3) is 2.11. The molecule has 0 aliphatic carbocycles. The number of fused-ring (bicyclic) bond motifs is 1. The number of nitrogens with zero attached hydrogens (tertiary/aromatic N) is 1. The quantitative estimate of drug-likeness (QED) is 0.868. The third-order valence-corrected chi connectivity index (χ3v) is 4.31.